The predicted molar refractivity (Wildman–Crippen MR) is 66.5 cm³/mol. The molecule has 0 aliphatic rings. The smallest absolute Gasteiger partial charge is 0.160 e. The summed E-state index contributed by atoms with van der Waals surface area (Å²) in [6.45, 7) is 1.52. The molecule has 96 valence electrons. The standard InChI is InChI=1S/C12H16N4O2/c1-18-11-6-9(2-3-10(11)17)7-13-5-4-12-14-8-15-16-12/h2-3,6,8,13,17H,4-5,7H2,1H3,(H,14,15,16). The summed E-state index contributed by atoms with van der Waals surface area (Å²) in [4.78, 5) is 4.04. The van der Waals surface area contributed by atoms with E-state index in [0.717, 1.165) is 24.4 Å². The number of aromatic nitrogens is 3. The third-order valence-electron chi connectivity index (χ3n) is 2.58. The lowest BCUT2D eigenvalue weighted by Crippen LogP contribution is -2.17. The Morgan fingerprint density at radius 3 is 3.06 bits per heavy atom. The molecular weight excluding hydrogens is 232 g/mol. The number of hydrogen-bond acceptors (Lipinski definition) is 5. The predicted octanol–water partition coefficient (Wildman–Crippen LogP) is 0.851. The van der Waals surface area contributed by atoms with E-state index in [0.29, 0.717) is 12.3 Å². The molecule has 1 aromatic heterocycles. The van der Waals surface area contributed by atoms with Gasteiger partial charge in [-0.15, -0.1) is 0 Å². The molecule has 3 N–H and O–H groups in total. The van der Waals surface area contributed by atoms with E-state index in [9.17, 15) is 5.11 Å². The number of phenols is 1. The van der Waals surface area contributed by atoms with Crippen LogP contribution in [0.3, 0.4) is 0 Å². The molecule has 18 heavy (non-hydrogen) atoms. The van der Waals surface area contributed by atoms with E-state index in [1.54, 1.807) is 6.07 Å². The van der Waals surface area contributed by atoms with Crippen LogP contribution in [0, 0.1) is 0 Å². The molecule has 0 bridgehead atoms. The van der Waals surface area contributed by atoms with Crippen molar-refractivity contribution in [2.45, 2.75) is 13.0 Å². The highest BCUT2D eigenvalue weighted by atomic mass is 16.5. The second-order valence-corrected chi connectivity index (χ2v) is 3.87. The molecule has 6 heteroatoms. The molecule has 0 aliphatic heterocycles. The van der Waals surface area contributed by atoms with Crippen molar-refractivity contribution in [1.82, 2.24) is 20.5 Å². The van der Waals surface area contributed by atoms with Gasteiger partial charge in [0.25, 0.3) is 0 Å². The van der Waals surface area contributed by atoms with E-state index < -0.39 is 0 Å². The highest BCUT2D eigenvalue weighted by Crippen LogP contribution is 2.25. The molecule has 0 radical (unpaired) electrons. The number of hydrogen-bond donors (Lipinski definition) is 3. The first-order valence-corrected chi connectivity index (χ1v) is 5.70. The third kappa shape index (κ3) is 3.21. The first kappa shape index (κ1) is 12.4. The third-order valence-corrected chi connectivity index (χ3v) is 2.58. The fourth-order valence-electron chi connectivity index (χ4n) is 1.62. The van der Waals surface area contributed by atoms with Gasteiger partial charge in [0.15, 0.2) is 11.5 Å². The van der Waals surface area contributed by atoms with Gasteiger partial charge in [-0.1, -0.05) is 6.07 Å². The summed E-state index contributed by atoms with van der Waals surface area (Å²) < 4.78 is 5.05. The molecule has 0 spiro atoms. The molecule has 2 rings (SSSR count). The maximum Gasteiger partial charge on any atom is 0.160 e. The lowest BCUT2D eigenvalue weighted by atomic mass is 10.2. The van der Waals surface area contributed by atoms with Crippen molar-refractivity contribution in [1.29, 1.82) is 0 Å². The van der Waals surface area contributed by atoms with Crippen LogP contribution in [0.25, 0.3) is 0 Å². The van der Waals surface area contributed by atoms with Crippen molar-refractivity contribution in [3.8, 4) is 11.5 Å². The van der Waals surface area contributed by atoms with Crippen molar-refractivity contribution < 1.29 is 9.84 Å². The van der Waals surface area contributed by atoms with Crippen LogP contribution in [-0.2, 0) is 13.0 Å². The van der Waals surface area contributed by atoms with E-state index in [2.05, 4.69) is 20.5 Å². The van der Waals surface area contributed by atoms with Gasteiger partial charge >= 0.3 is 0 Å². The zero-order valence-corrected chi connectivity index (χ0v) is 10.2. The summed E-state index contributed by atoms with van der Waals surface area (Å²) in [5.41, 5.74) is 1.06. The second kappa shape index (κ2) is 6.02. The first-order valence-electron chi connectivity index (χ1n) is 5.70. The SMILES string of the molecule is COc1cc(CNCCc2ncn[nH]2)ccc1O. The Labute approximate surface area is 105 Å². The monoisotopic (exact) mass is 248 g/mol. The summed E-state index contributed by atoms with van der Waals surface area (Å²) in [7, 11) is 1.54. The molecule has 0 aliphatic carbocycles. The van der Waals surface area contributed by atoms with Gasteiger partial charge in [-0.2, -0.15) is 5.10 Å². The van der Waals surface area contributed by atoms with Crippen molar-refractivity contribution in [2.24, 2.45) is 0 Å². The number of rotatable bonds is 6. The molecule has 1 aromatic carbocycles. The van der Waals surface area contributed by atoms with Crippen LogP contribution in [0.4, 0.5) is 0 Å². The summed E-state index contributed by atoms with van der Waals surface area (Å²) in [6.07, 6.45) is 2.30. The minimum atomic E-state index is 0.155. The van der Waals surface area contributed by atoms with Crippen molar-refractivity contribution >= 4 is 0 Å². The fraction of sp³-hybridized carbons (Fsp3) is 0.333. The molecule has 1 heterocycles. The molecule has 2 aromatic rings. The van der Waals surface area contributed by atoms with Gasteiger partial charge in [0.05, 0.1) is 7.11 Å². The van der Waals surface area contributed by atoms with Gasteiger partial charge in [0.2, 0.25) is 0 Å². The highest BCUT2D eigenvalue weighted by molar-refractivity contribution is 5.41. The Bertz CT molecular complexity index is 485. The van der Waals surface area contributed by atoms with E-state index in [4.69, 9.17) is 4.74 Å². The van der Waals surface area contributed by atoms with Gasteiger partial charge in [-0.3, -0.25) is 5.10 Å². The van der Waals surface area contributed by atoms with Crippen LogP contribution in [-0.4, -0.2) is 33.9 Å². The highest BCUT2D eigenvalue weighted by Gasteiger charge is 2.02. The maximum absolute atomic E-state index is 9.47. The van der Waals surface area contributed by atoms with Gasteiger partial charge < -0.3 is 15.2 Å². The molecule has 0 amide bonds. The summed E-state index contributed by atoms with van der Waals surface area (Å²) in [5, 5.41) is 19.3. The van der Waals surface area contributed by atoms with Gasteiger partial charge in [-0.05, 0) is 17.7 Å². The number of H-pyrrole nitrogens is 1. The van der Waals surface area contributed by atoms with E-state index in [-0.39, 0.29) is 5.75 Å². The van der Waals surface area contributed by atoms with Crippen LogP contribution in [0.1, 0.15) is 11.4 Å². The number of benzene rings is 1. The fourth-order valence-corrected chi connectivity index (χ4v) is 1.62. The quantitative estimate of drug-likeness (QED) is 0.660. The number of aromatic hydroxyl groups is 1. The number of nitrogens with zero attached hydrogens (tertiary/aromatic N) is 2. The topological polar surface area (TPSA) is 83.1 Å². The summed E-state index contributed by atoms with van der Waals surface area (Å²) >= 11 is 0. The minimum Gasteiger partial charge on any atom is -0.504 e. The number of nitrogens with one attached hydrogen (secondary N) is 2. The van der Waals surface area contributed by atoms with Gasteiger partial charge in [0.1, 0.15) is 12.2 Å². The largest absolute Gasteiger partial charge is 0.504 e. The zero-order valence-electron chi connectivity index (χ0n) is 10.2. The molecule has 0 atom stereocenters. The average molecular weight is 248 g/mol. The van der Waals surface area contributed by atoms with Crippen LogP contribution in [0.2, 0.25) is 0 Å². The Morgan fingerprint density at radius 2 is 2.33 bits per heavy atom. The van der Waals surface area contributed by atoms with Gasteiger partial charge in [0, 0.05) is 19.5 Å². The number of methoxy groups -OCH3 is 1. The first-order chi connectivity index (χ1) is 8.79. The minimum absolute atomic E-state index is 0.155. The Balaban J connectivity index is 1.79. The molecule has 0 fully saturated rings. The molecule has 0 saturated heterocycles. The lowest BCUT2D eigenvalue weighted by molar-refractivity contribution is 0.373. The molecule has 6 nitrogen and oxygen atoms in total. The van der Waals surface area contributed by atoms with Crippen molar-refractivity contribution in [3.05, 3.63) is 35.9 Å². The van der Waals surface area contributed by atoms with E-state index in [1.165, 1.54) is 13.4 Å². The van der Waals surface area contributed by atoms with Crippen LogP contribution in [0.5, 0.6) is 11.5 Å². The lowest BCUT2D eigenvalue weighted by Gasteiger charge is -2.07. The number of ether oxygens (including phenoxy) is 1. The number of aromatic amines is 1. The summed E-state index contributed by atoms with van der Waals surface area (Å²) in [6, 6.07) is 5.31. The average Bonchev–Trinajstić information content (AvgIpc) is 2.89. The van der Waals surface area contributed by atoms with E-state index in [1.807, 2.05) is 12.1 Å². The Morgan fingerprint density at radius 1 is 1.44 bits per heavy atom. The molecule has 0 saturated carbocycles. The Kier molecular flexibility index (Phi) is 4.14. The maximum atomic E-state index is 9.47. The van der Waals surface area contributed by atoms with Crippen molar-refractivity contribution in [2.75, 3.05) is 13.7 Å². The van der Waals surface area contributed by atoms with Crippen molar-refractivity contribution in [3.63, 3.8) is 0 Å². The second-order valence-electron chi connectivity index (χ2n) is 3.87. The zero-order chi connectivity index (χ0) is 12.8. The van der Waals surface area contributed by atoms with Crippen LogP contribution in [0.15, 0.2) is 24.5 Å². The Hall–Kier alpha value is -2.08. The molecule has 0 unspecified atom stereocenters. The summed E-state index contributed by atoms with van der Waals surface area (Å²) in [5.74, 6) is 1.51. The van der Waals surface area contributed by atoms with E-state index >= 15 is 0 Å². The number of phenolic OH excluding ortho intramolecular Hbond substituents is 1. The van der Waals surface area contributed by atoms with Crippen LogP contribution >= 0.6 is 0 Å². The molecular formula is C12H16N4O2. The van der Waals surface area contributed by atoms with Gasteiger partial charge in [-0.25, -0.2) is 4.98 Å². The normalized spacial score (nSPS) is 10.5. The van der Waals surface area contributed by atoms with Crippen LogP contribution < -0.4 is 10.1 Å².